The number of fused-ring (bicyclic) bond motifs is 2. The Morgan fingerprint density at radius 3 is 1.48 bits per heavy atom. The van der Waals surface area contributed by atoms with E-state index in [1.165, 1.54) is 11.1 Å². The van der Waals surface area contributed by atoms with E-state index in [2.05, 4.69) is 32.8 Å². The molecule has 0 fully saturated rings. The van der Waals surface area contributed by atoms with Gasteiger partial charge in [0.15, 0.2) is 0 Å². The Bertz CT molecular complexity index is 785. The topological polar surface area (TPSA) is 57.4 Å². The van der Waals surface area contributed by atoms with Gasteiger partial charge < -0.3 is 35.0 Å². The second kappa shape index (κ2) is 9.73. The summed E-state index contributed by atoms with van der Waals surface area (Å²) in [5.41, 5.74) is 4.60. The molecular formula is C16H14Cl2N4Ti. The number of nitrogens with one attached hydrogen (secondary N) is 2. The summed E-state index contributed by atoms with van der Waals surface area (Å²) in [5, 5.41) is 15.5. The predicted molar refractivity (Wildman–Crippen MR) is 79.3 cm³/mol. The minimum Gasteiger partial charge on any atom is -1.00 e. The summed E-state index contributed by atoms with van der Waals surface area (Å²) in [7, 11) is 0. The molecule has 0 unspecified atom stereocenters. The zero-order valence-electron chi connectivity index (χ0n) is 12.6. The van der Waals surface area contributed by atoms with E-state index in [1.54, 1.807) is 0 Å². The number of aryl methyl sites for hydroxylation is 2. The minimum absolute atomic E-state index is 0. The summed E-state index contributed by atoms with van der Waals surface area (Å²) in [4.78, 5) is 0. The second-order valence-corrected chi connectivity index (χ2v) is 4.67. The van der Waals surface area contributed by atoms with E-state index in [0.29, 0.717) is 0 Å². The molecule has 2 heterocycles. The average Bonchev–Trinajstić information content (AvgIpc) is 3.08. The molecule has 2 N–H and O–H groups in total. The van der Waals surface area contributed by atoms with Crippen LogP contribution in [0.15, 0.2) is 36.4 Å². The standard InChI is InChI=1S/2C8H7N2.2ClH.Ti/c2*1-6-3-2-4-7-5-9-10-8(6)7;;;/h2*2-4H,1H3,(H,9,10);2*1H;/q2*-1;;;+4/p-2. The largest absolute Gasteiger partial charge is 4.00 e. The maximum atomic E-state index is 3.81. The second-order valence-electron chi connectivity index (χ2n) is 4.67. The van der Waals surface area contributed by atoms with Crippen LogP contribution in [0.2, 0.25) is 0 Å². The number of aromatic amines is 2. The molecule has 0 bridgehead atoms. The van der Waals surface area contributed by atoms with E-state index < -0.39 is 0 Å². The zero-order chi connectivity index (χ0) is 13.9. The molecule has 23 heavy (non-hydrogen) atoms. The number of benzene rings is 2. The van der Waals surface area contributed by atoms with Crippen LogP contribution in [0.1, 0.15) is 11.1 Å². The number of rotatable bonds is 0. The van der Waals surface area contributed by atoms with E-state index in [-0.39, 0.29) is 46.5 Å². The summed E-state index contributed by atoms with van der Waals surface area (Å²) in [6.07, 6.45) is 5.71. The zero-order valence-corrected chi connectivity index (χ0v) is 15.7. The molecule has 7 heteroatoms. The molecule has 2 aromatic carbocycles. The van der Waals surface area contributed by atoms with E-state index >= 15 is 0 Å². The van der Waals surface area contributed by atoms with Crippen LogP contribution in [0.5, 0.6) is 0 Å². The van der Waals surface area contributed by atoms with Gasteiger partial charge in [0, 0.05) is 0 Å². The molecule has 0 aliphatic rings. The molecule has 2 aromatic heterocycles. The third-order valence-electron chi connectivity index (χ3n) is 3.23. The first-order chi connectivity index (χ1) is 9.75. The summed E-state index contributed by atoms with van der Waals surface area (Å²) in [6.45, 7) is 4.10. The van der Waals surface area contributed by atoms with Crippen LogP contribution in [0, 0.1) is 26.2 Å². The van der Waals surface area contributed by atoms with Crippen molar-refractivity contribution in [2.24, 2.45) is 0 Å². The van der Waals surface area contributed by atoms with E-state index in [0.717, 1.165) is 21.8 Å². The van der Waals surface area contributed by atoms with Gasteiger partial charge in [-0.15, -0.1) is 22.9 Å². The SMILES string of the molecule is Cc1cccc2[c-]n[nH]c12.Cc1cccc2[c-]n[nH]c12.[Cl-].[Cl-].[Ti+4]. The van der Waals surface area contributed by atoms with Gasteiger partial charge in [-0.2, -0.15) is 12.1 Å². The molecule has 0 saturated heterocycles. The third-order valence-corrected chi connectivity index (χ3v) is 3.23. The van der Waals surface area contributed by atoms with Gasteiger partial charge in [-0.3, -0.25) is 10.2 Å². The Morgan fingerprint density at radius 2 is 1.13 bits per heavy atom. The van der Waals surface area contributed by atoms with Crippen molar-refractivity contribution < 1.29 is 46.5 Å². The Hall–Kier alpha value is -1.33. The summed E-state index contributed by atoms with van der Waals surface area (Å²) in [5.74, 6) is 0. The van der Waals surface area contributed by atoms with E-state index in [4.69, 9.17) is 0 Å². The van der Waals surface area contributed by atoms with Crippen molar-refractivity contribution in [3.05, 3.63) is 59.9 Å². The number of halogens is 2. The molecule has 0 aliphatic carbocycles. The Labute approximate surface area is 162 Å². The van der Waals surface area contributed by atoms with Gasteiger partial charge >= 0.3 is 21.7 Å². The maximum absolute atomic E-state index is 3.81. The fourth-order valence-electron chi connectivity index (χ4n) is 2.11. The van der Waals surface area contributed by atoms with E-state index in [1.807, 2.05) is 50.2 Å². The van der Waals surface area contributed by atoms with Gasteiger partial charge in [0.2, 0.25) is 0 Å². The Balaban J connectivity index is 0.000000372. The first-order valence-corrected chi connectivity index (χ1v) is 6.38. The van der Waals surface area contributed by atoms with Gasteiger partial charge in [0.05, 0.1) is 0 Å². The molecule has 4 aromatic rings. The van der Waals surface area contributed by atoms with Crippen LogP contribution in [0.25, 0.3) is 21.8 Å². The van der Waals surface area contributed by atoms with Crippen molar-refractivity contribution in [1.29, 1.82) is 0 Å². The third kappa shape index (κ3) is 4.82. The van der Waals surface area contributed by atoms with Gasteiger partial charge in [0.25, 0.3) is 0 Å². The summed E-state index contributed by atoms with van der Waals surface area (Å²) < 4.78 is 0. The predicted octanol–water partition coefficient (Wildman–Crippen LogP) is -2.65. The van der Waals surface area contributed by atoms with Crippen LogP contribution in [0.4, 0.5) is 0 Å². The quantitative estimate of drug-likeness (QED) is 0.258. The molecule has 0 aliphatic heterocycles. The number of H-pyrrole nitrogens is 2. The summed E-state index contributed by atoms with van der Waals surface area (Å²) in [6, 6.07) is 12.1. The first-order valence-electron chi connectivity index (χ1n) is 6.38. The monoisotopic (exact) mass is 380 g/mol. The minimum atomic E-state index is 0. The number of para-hydroxylation sites is 2. The molecule has 0 atom stereocenters. The molecule has 116 valence electrons. The van der Waals surface area contributed by atoms with Crippen molar-refractivity contribution in [3.8, 4) is 0 Å². The summed E-state index contributed by atoms with van der Waals surface area (Å²) >= 11 is 0. The number of nitrogens with zero attached hydrogens (tertiary/aromatic N) is 2. The van der Waals surface area contributed by atoms with Crippen molar-refractivity contribution in [1.82, 2.24) is 20.4 Å². The molecule has 0 spiro atoms. The normalized spacial score (nSPS) is 9.13. The van der Waals surface area contributed by atoms with Gasteiger partial charge in [-0.05, 0) is 37.3 Å². The smallest absolute Gasteiger partial charge is 1.00 e. The molecule has 0 radical (unpaired) electrons. The Kier molecular flexibility index (Phi) is 9.17. The Morgan fingerprint density at radius 1 is 0.739 bits per heavy atom. The average molecular weight is 381 g/mol. The van der Waals surface area contributed by atoms with Crippen LogP contribution >= 0.6 is 0 Å². The number of aromatic nitrogens is 4. The van der Waals surface area contributed by atoms with Gasteiger partial charge in [-0.25, -0.2) is 0 Å². The van der Waals surface area contributed by atoms with Crippen LogP contribution in [-0.2, 0) is 21.7 Å². The van der Waals surface area contributed by atoms with E-state index in [9.17, 15) is 0 Å². The van der Waals surface area contributed by atoms with Crippen LogP contribution in [-0.4, -0.2) is 20.4 Å². The molecular weight excluding hydrogens is 367 g/mol. The van der Waals surface area contributed by atoms with Gasteiger partial charge in [-0.1, -0.05) is 23.3 Å². The number of hydrogen-bond acceptors (Lipinski definition) is 2. The molecule has 0 amide bonds. The maximum Gasteiger partial charge on any atom is 4.00 e. The number of hydrogen-bond donors (Lipinski definition) is 2. The molecule has 0 saturated carbocycles. The van der Waals surface area contributed by atoms with Crippen molar-refractivity contribution >= 4 is 21.8 Å². The fourth-order valence-corrected chi connectivity index (χ4v) is 2.11. The molecule has 4 rings (SSSR count). The van der Waals surface area contributed by atoms with Crippen LogP contribution in [0.3, 0.4) is 0 Å². The first kappa shape index (κ1) is 21.7. The molecule has 4 nitrogen and oxygen atoms in total. The van der Waals surface area contributed by atoms with Gasteiger partial charge in [0.1, 0.15) is 0 Å². The van der Waals surface area contributed by atoms with Crippen LogP contribution < -0.4 is 24.8 Å². The van der Waals surface area contributed by atoms with Crippen molar-refractivity contribution in [2.75, 3.05) is 0 Å². The van der Waals surface area contributed by atoms with Crippen molar-refractivity contribution in [3.63, 3.8) is 0 Å². The van der Waals surface area contributed by atoms with Crippen molar-refractivity contribution in [2.45, 2.75) is 13.8 Å². The fraction of sp³-hybridized carbons (Fsp3) is 0.125.